The van der Waals surface area contributed by atoms with Crippen LogP contribution in [-0.2, 0) is 24.5 Å². The Kier molecular flexibility index (Phi) is 5.91. The van der Waals surface area contributed by atoms with Crippen LogP contribution < -0.4 is 4.74 Å². The van der Waals surface area contributed by atoms with Gasteiger partial charge in [0, 0.05) is 17.5 Å². The van der Waals surface area contributed by atoms with E-state index in [4.69, 9.17) is 14.3 Å². The normalized spacial score (nSPS) is 10.7. The van der Waals surface area contributed by atoms with E-state index >= 15 is 0 Å². The third kappa shape index (κ3) is 4.97. The maximum atomic E-state index is 12.6. The van der Waals surface area contributed by atoms with Crippen LogP contribution in [0.2, 0.25) is 0 Å². The molecule has 0 radical (unpaired) electrons. The third-order valence-corrected chi connectivity index (χ3v) is 4.36. The van der Waals surface area contributed by atoms with Crippen molar-refractivity contribution < 1.29 is 23.4 Å². The highest BCUT2D eigenvalue weighted by Crippen LogP contribution is 2.27. The highest BCUT2D eigenvalue weighted by Gasteiger charge is 2.10. The first-order valence-corrected chi connectivity index (χ1v) is 8.73. The minimum absolute atomic E-state index is 0.115. The largest absolute Gasteiger partial charge is 0.489 e. The van der Waals surface area contributed by atoms with Crippen molar-refractivity contribution in [1.82, 2.24) is 0 Å². The molecule has 3 aromatic rings. The summed E-state index contributed by atoms with van der Waals surface area (Å²) in [5.74, 6) is 1.41. The topological polar surface area (TPSA) is 59.7 Å². The number of aliphatic carboxylic acids is 1. The summed E-state index contributed by atoms with van der Waals surface area (Å²) < 4.78 is 24.2. The van der Waals surface area contributed by atoms with Crippen molar-refractivity contribution in [1.29, 1.82) is 0 Å². The number of aryl methyl sites for hydroxylation is 2. The van der Waals surface area contributed by atoms with Gasteiger partial charge in [-0.25, -0.2) is 4.39 Å². The van der Waals surface area contributed by atoms with Gasteiger partial charge in [0.15, 0.2) is 0 Å². The minimum Gasteiger partial charge on any atom is -0.489 e. The zero-order chi connectivity index (χ0) is 19.2. The van der Waals surface area contributed by atoms with Crippen molar-refractivity contribution in [3.63, 3.8) is 0 Å². The zero-order valence-corrected chi connectivity index (χ0v) is 15.1. The molecule has 0 saturated heterocycles. The number of halogens is 1. The first-order chi connectivity index (χ1) is 13.0. The van der Waals surface area contributed by atoms with Crippen LogP contribution in [0.3, 0.4) is 0 Å². The smallest absolute Gasteiger partial charge is 0.303 e. The lowest BCUT2D eigenvalue weighted by Gasteiger charge is -2.06. The molecule has 3 rings (SSSR count). The van der Waals surface area contributed by atoms with Crippen LogP contribution in [0.15, 0.2) is 59.0 Å². The van der Waals surface area contributed by atoms with Gasteiger partial charge in [0.25, 0.3) is 0 Å². The van der Waals surface area contributed by atoms with Gasteiger partial charge in [-0.2, -0.15) is 0 Å². The fourth-order valence-electron chi connectivity index (χ4n) is 2.73. The van der Waals surface area contributed by atoms with Crippen molar-refractivity contribution in [2.45, 2.75) is 33.0 Å². The highest BCUT2D eigenvalue weighted by atomic mass is 19.1. The summed E-state index contributed by atoms with van der Waals surface area (Å²) in [6.07, 6.45) is 0.616. The van der Waals surface area contributed by atoms with E-state index in [9.17, 15) is 9.18 Å². The minimum atomic E-state index is -0.805. The predicted octanol–water partition coefficient (Wildman–Crippen LogP) is 5.32. The molecule has 27 heavy (non-hydrogen) atoms. The van der Waals surface area contributed by atoms with E-state index in [2.05, 4.69) is 0 Å². The molecular weight excluding hydrogens is 347 g/mol. The molecule has 0 aliphatic carbocycles. The molecule has 0 aliphatic rings. The second-order valence-electron chi connectivity index (χ2n) is 6.35. The van der Waals surface area contributed by atoms with Crippen molar-refractivity contribution in [3.8, 4) is 17.1 Å². The molecule has 1 N–H and O–H groups in total. The molecule has 5 heteroatoms. The van der Waals surface area contributed by atoms with Crippen molar-refractivity contribution >= 4 is 5.97 Å². The lowest BCUT2D eigenvalue weighted by Crippen LogP contribution is -1.98. The van der Waals surface area contributed by atoms with Crippen molar-refractivity contribution in [3.05, 3.63) is 77.0 Å². The quantitative estimate of drug-likeness (QED) is 0.584. The van der Waals surface area contributed by atoms with E-state index in [-0.39, 0.29) is 6.42 Å². The first kappa shape index (κ1) is 18.7. The SMILES string of the molecule is Cc1oc(-c2ccc(CF)cc2)cc1COc1ccc(CCC(=O)O)cc1. The van der Waals surface area contributed by atoms with Crippen LogP contribution in [0.4, 0.5) is 4.39 Å². The second-order valence-corrected chi connectivity index (χ2v) is 6.35. The monoisotopic (exact) mass is 368 g/mol. The van der Waals surface area contributed by atoms with Crippen molar-refractivity contribution in [2.24, 2.45) is 0 Å². The summed E-state index contributed by atoms with van der Waals surface area (Å²) in [5, 5.41) is 8.73. The number of rotatable bonds is 8. The third-order valence-electron chi connectivity index (χ3n) is 4.36. The van der Waals surface area contributed by atoms with Gasteiger partial charge in [-0.15, -0.1) is 0 Å². The molecule has 2 aromatic carbocycles. The zero-order valence-electron chi connectivity index (χ0n) is 15.1. The molecule has 0 bridgehead atoms. The Morgan fingerprint density at radius 2 is 1.74 bits per heavy atom. The lowest BCUT2D eigenvalue weighted by atomic mass is 10.1. The number of benzene rings is 2. The molecule has 1 aromatic heterocycles. The molecular formula is C22H21FO4. The summed E-state index contributed by atoms with van der Waals surface area (Å²) >= 11 is 0. The molecule has 0 unspecified atom stereocenters. The Morgan fingerprint density at radius 1 is 1.07 bits per heavy atom. The molecule has 0 aliphatic heterocycles. The fraction of sp³-hybridized carbons (Fsp3) is 0.227. The summed E-state index contributed by atoms with van der Waals surface area (Å²) in [6, 6.07) is 16.5. The highest BCUT2D eigenvalue weighted by molar-refractivity contribution is 5.67. The average Bonchev–Trinajstić information content (AvgIpc) is 3.06. The van der Waals surface area contributed by atoms with Gasteiger partial charge in [-0.1, -0.05) is 36.4 Å². The Hall–Kier alpha value is -3.08. The van der Waals surface area contributed by atoms with Crippen LogP contribution in [0, 0.1) is 6.92 Å². The van der Waals surface area contributed by atoms with Gasteiger partial charge < -0.3 is 14.3 Å². The molecule has 1 heterocycles. The molecule has 4 nitrogen and oxygen atoms in total. The Balaban J connectivity index is 1.62. The van der Waals surface area contributed by atoms with E-state index in [0.717, 1.165) is 28.2 Å². The van der Waals surface area contributed by atoms with Crippen molar-refractivity contribution in [2.75, 3.05) is 0 Å². The molecule has 0 spiro atoms. The summed E-state index contributed by atoms with van der Waals surface area (Å²) in [4.78, 5) is 10.6. The van der Waals surface area contributed by atoms with Crippen LogP contribution in [0.25, 0.3) is 11.3 Å². The van der Waals surface area contributed by atoms with Gasteiger partial charge in [0.1, 0.15) is 30.6 Å². The van der Waals surface area contributed by atoms with Gasteiger partial charge >= 0.3 is 5.97 Å². The van der Waals surface area contributed by atoms with Gasteiger partial charge in [-0.3, -0.25) is 4.79 Å². The number of hydrogen-bond acceptors (Lipinski definition) is 3. The number of furan rings is 1. The van der Waals surface area contributed by atoms with Crippen LogP contribution >= 0.6 is 0 Å². The Bertz CT molecular complexity index is 895. The molecule has 0 atom stereocenters. The first-order valence-electron chi connectivity index (χ1n) is 8.73. The standard InChI is InChI=1S/C22H21FO4/c1-15-19(12-21(27-15)18-7-2-17(13-23)3-8-18)14-26-20-9-4-16(5-10-20)6-11-22(24)25/h2-5,7-10,12H,6,11,13-14H2,1H3,(H,24,25). The maximum absolute atomic E-state index is 12.6. The van der Waals surface area contributed by atoms with Crippen LogP contribution in [0.1, 0.15) is 28.9 Å². The number of ether oxygens (including phenoxy) is 1. The maximum Gasteiger partial charge on any atom is 0.303 e. The molecule has 0 saturated carbocycles. The van der Waals surface area contributed by atoms with E-state index in [1.54, 1.807) is 12.1 Å². The Morgan fingerprint density at radius 3 is 2.37 bits per heavy atom. The van der Waals surface area contributed by atoms with E-state index in [1.165, 1.54) is 0 Å². The van der Waals surface area contributed by atoms with Gasteiger partial charge in [0.2, 0.25) is 0 Å². The summed E-state index contributed by atoms with van der Waals surface area (Å²) in [5.41, 5.74) is 3.43. The summed E-state index contributed by atoms with van der Waals surface area (Å²) in [6.45, 7) is 1.77. The van der Waals surface area contributed by atoms with E-state index in [0.29, 0.717) is 24.3 Å². The number of carbonyl (C=O) groups is 1. The summed E-state index contributed by atoms with van der Waals surface area (Å²) in [7, 11) is 0. The second kappa shape index (κ2) is 8.54. The molecule has 140 valence electrons. The lowest BCUT2D eigenvalue weighted by molar-refractivity contribution is -0.136. The fourth-order valence-corrected chi connectivity index (χ4v) is 2.73. The number of carboxylic acid groups (broad SMARTS) is 1. The predicted molar refractivity (Wildman–Crippen MR) is 100 cm³/mol. The average molecular weight is 368 g/mol. The molecule has 0 amide bonds. The molecule has 0 fully saturated rings. The van der Waals surface area contributed by atoms with Crippen LogP contribution in [-0.4, -0.2) is 11.1 Å². The Labute approximate surface area is 157 Å². The van der Waals surface area contributed by atoms with Gasteiger partial charge in [-0.05, 0) is 42.7 Å². The number of hydrogen-bond donors (Lipinski definition) is 1. The van der Waals surface area contributed by atoms with Gasteiger partial charge in [0.05, 0.1) is 0 Å². The number of carboxylic acids is 1. The van der Waals surface area contributed by atoms with E-state index < -0.39 is 12.6 Å². The number of alkyl halides is 1. The van der Waals surface area contributed by atoms with E-state index in [1.807, 2.05) is 49.4 Å². The van der Waals surface area contributed by atoms with Crippen LogP contribution in [0.5, 0.6) is 5.75 Å².